The third-order valence-electron chi connectivity index (χ3n) is 6.18. The summed E-state index contributed by atoms with van der Waals surface area (Å²) in [5, 5.41) is 2.88. The number of hydrogen-bond donors (Lipinski definition) is 1. The van der Waals surface area contributed by atoms with Gasteiger partial charge in [-0.05, 0) is 48.7 Å². The molecule has 0 saturated carbocycles. The van der Waals surface area contributed by atoms with Crippen LogP contribution < -0.4 is 5.32 Å². The number of benzene rings is 3. The van der Waals surface area contributed by atoms with Crippen molar-refractivity contribution < 1.29 is 18.0 Å². The maximum absolute atomic E-state index is 13.6. The molecule has 0 aliphatic carbocycles. The van der Waals surface area contributed by atoms with Gasteiger partial charge in [-0.1, -0.05) is 76.6 Å². The SMILES string of the molecule is CCNC(=O)C(Cc1ccccc1)N(Cc1cccc(Br)c1)C(=O)CCCN(C)S(=O)(=O)c1ccccc1. The van der Waals surface area contributed by atoms with Crippen LogP contribution in [0, 0.1) is 0 Å². The van der Waals surface area contributed by atoms with Gasteiger partial charge in [0.05, 0.1) is 4.90 Å². The zero-order valence-corrected chi connectivity index (χ0v) is 24.1. The molecule has 0 aromatic heterocycles. The van der Waals surface area contributed by atoms with Crippen LogP contribution in [0.4, 0.5) is 0 Å². The Balaban J connectivity index is 1.80. The van der Waals surface area contributed by atoms with E-state index < -0.39 is 16.1 Å². The number of nitrogens with one attached hydrogen (secondary N) is 1. The maximum Gasteiger partial charge on any atom is 0.243 e. The van der Waals surface area contributed by atoms with Gasteiger partial charge in [-0.15, -0.1) is 0 Å². The molecule has 38 heavy (non-hydrogen) atoms. The molecule has 0 radical (unpaired) electrons. The van der Waals surface area contributed by atoms with Crippen LogP contribution in [0.5, 0.6) is 0 Å². The molecule has 0 heterocycles. The van der Waals surface area contributed by atoms with Gasteiger partial charge in [0, 0.05) is 44.0 Å². The molecule has 202 valence electrons. The topological polar surface area (TPSA) is 86.8 Å². The van der Waals surface area contributed by atoms with Gasteiger partial charge in [-0.3, -0.25) is 9.59 Å². The molecule has 9 heteroatoms. The minimum atomic E-state index is -3.65. The Morgan fingerprint density at radius 2 is 1.55 bits per heavy atom. The van der Waals surface area contributed by atoms with Crippen molar-refractivity contribution in [3.05, 3.63) is 101 Å². The van der Waals surface area contributed by atoms with E-state index in [0.717, 1.165) is 15.6 Å². The molecule has 0 spiro atoms. The molecule has 3 aromatic carbocycles. The van der Waals surface area contributed by atoms with E-state index in [2.05, 4.69) is 21.2 Å². The monoisotopic (exact) mass is 599 g/mol. The zero-order chi connectivity index (χ0) is 27.5. The number of likely N-dealkylation sites (N-methyl/N-ethyl adjacent to an activating group) is 1. The van der Waals surface area contributed by atoms with E-state index >= 15 is 0 Å². The number of hydrogen-bond acceptors (Lipinski definition) is 4. The van der Waals surface area contributed by atoms with Crippen molar-refractivity contribution in [1.82, 2.24) is 14.5 Å². The van der Waals surface area contributed by atoms with Gasteiger partial charge in [0.25, 0.3) is 0 Å². The van der Waals surface area contributed by atoms with Gasteiger partial charge in [-0.25, -0.2) is 12.7 Å². The van der Waals surface area contributed by atoms with Gasteiger partial charge in [0.1, 0.15) is 6.04 Å². The Hall–Kier alpha value is -3.01. The minimum Gasteiger partial charge on any atom is -0.355 e. The van der Waals surface area contributed by atoms with E-state index in [1.54, 1.807) is 35.2 Å². The molecule has 0 aliphatic rings. The van der Waals surface area contributed by atoms with Crippen molar-refractivity contribution >= 4 is 37.8 Å². The molecule has 1 atom stereocenters. The smallest absolute Gasteiger partial charge is 0.243 e. The number of nitrogens with zero attached hydrogens (tertiary/aromatic N) is 2. The Labute approximate surface area is 234 Å². The molecule has 0 aliphatic heterocycles. The minimum absolute atomic E-state index is 0.105. The predicted octanol–water partition coefficient (Wildman–Crippen LogP) is 4.63. The molecule has 7 nitrogen and oxygen atoms in total. The van der Waals surface area contributed by atoms with E-state index in [-0.39, 0.29) is 36.2 Å². The van der Waals surface area contributed by atoms with Gasteiger partial charge in [0.2, 0.25) is 21.8 Å². The first kappa shape index (κ1) is 29.5. The Bertz CT molecular complexity index is 1300. The second-order valence-electron chi connectivity index (χ2n) is 8.99. The van der Waals surface area contributed by atoms with Gasteiger partial charge in [-0.2, -0.15) is 0 Å². The molecular formula is C29H34BrN3O4S. The summed E-state index contributed by atoms with van der Waals surface area (Å²) in [6, 6.07) is 24.8. The lowest BCUT2D eigenvalue weighted by Crippen LogP contribution is -2.50. The Kier molecular flexibility index (Phi) is 11.1. The average molecular weight is 601 g/mol. The number of amides is 2. The van der Waals surface area contributed by atoms with Crippen molar-refractivity contribution in [3.63, 3.8) is 0 Å². The van der Waals surface area contributed by atoms with Crippen molar-refractivity contribution in [2.75, 3.05) is 20.1 Å². The first-order valence-electron chi connectivity index (χ1n) is 12.6. The van der Waals surface area contributed by atoms with E-state index in [9.17, 15) is 18.0 Å². The number of halogens is 1. The van der Waals surface area contributed by atoms with Crippen LogP contribution in [-0.2, 0) is 32.6 Å². The molecule has 1 N–H and O–H groups in total. The maximum atomic E-state index is 13.6. The lowest BCUT2D eigenvalue weighted by atomic mass is 10.0. The third-order valence-corrected chi connectivity index (χ3v) is 8.54. The highest BCUT2D eigenvalue weighted by Gasteiger charge is 2.30. The Morgan fingerprint density at radius 3 is 2.18 bits per heavy atom. The van der Waals surface area contributed by atoms with Gasteiger partial charge < -0.3 is 10.2 Å². The lowest BCUT2D eigenvalue weighted by Gasteiger charge is -2.32. The van der Waals surface area contributed by atoms with Crippen molar-refractivity contribution in [2.45, 2.75) is 43.7 Å². The van der Waals surface area contributed by atoms with Crippen LogP contribution in [0.2, 0.25) is 0 Å². The van der Waals surface area contributed by atoms with Crippen molar-refractivity contribution in [3.8, 4) is 0 Å². The fourth-order valence-electron chi connectivity index (χ4n) is 4.17. The van der Waals surface area contributed by atoms with E-state index in [1.165, 1.54) is 11.4 Å². The van der Waals surface area contributed by atoms with Gasteiger partial charge in [0.15, 0.2) is 0 Å². The second-order valence-corrected chi connectivity index (χ2v) is 12.0. The summed E-state index contributed by atoms with van der Waals surface area (Å²) >= 11 is 3.48. The normalized spacial score (nSPS) is 12.2. The fraction of sp³-hybridized carbons (Fsp3) is 0.310. The van der Waals surface area contributed by atoms with Crippen LogP contribution >= 0.6 is 15.9 Å². The van der Waals surface area contributed by atoms with Crippen molar-refractivity contribution in [1.29, 1.82) is 0 Å². The van der Waals surface area contributed by atoms with Crippen LogP contribution in [0.1, 0.15) is 30.9 Å². The summed E-state index contributed by atoms with van der Waals surface area (Å²) in [7, 11) is -2.14. The highest BCUT2D eigenvalue weighted by molar-refractivity contribution is 9.10. The zero-order valence-electron chi connectivity index (χ0n) is 21.7. The van der Waals surface area contributed by atoms with Crippen LogP contribution in [-0.4, -0.2) is 55.6 Å². The fourth-order valence-corrected chi connectivity index (χ4v) is 5.84. The summed E-state index contributed by atoms with van der Waals surface area (Å²) in [6.45, 7) is 2.73. The van der Waals surface area contributed by atoms with Crippen LogP contribution in [0.25, 0.3) is 0 Å². The van der Waals surface area contributed by atoms with E-state index in [1.807, 2.05) is 61.5 Å². The number of sulfonamides is 1. The molecule has 2 amide bonds. The second kappa shape index (κ2) is 14.2. The summed E-state index contributed by atoms with van der Waals surface area (Å²) in [6.07, 6.45) is 0.798. The third kappa shape index (κ3) is 8.24. The Morgan fingerprint density at radius 1 is 0.921 bits per heavy atom. The lowest BCUT2D eigenvalue weighted by molar-refractivity contribution is -0.141. The molecule has 3 rings (SSSR count). The average Bonchev–Trinajstić information content (AvgIpc) is 2.91. The van der Waals surface area contributed by atoms with Crippen LogP contribution in [0.15, 0.2) is 94.3 Å². The molecule has 3 aromatic rings. The quantitative estimate of drug-likeness (QED) is 0.310. The summed E-state index contributed by atoms with van der Waals surface area (Å²) in [5.41, 5.74) is 1.84. The predicted molar refractivity (Wildman–Crippen MR) is 153 cm³/mol. The number of carbonyl (C=O) groups is 2. The van der Waals surface area contributed by atoms with E-state index in [4.69, 9.17) is 0 Å². The molecule has 0 fully saturated rings. The highest BCUT2D eigenvalue weighted by atomic mass is 79.9. The molecule has 1 unspecified atom stereocenters. The molecule has 0 bridgehead atoms. The standard InChI is InChI=1S/C29H34BrN3O4S/c1-3-31-29(35)27(21-23-12-6-4-7-13-23)33(22-24-14-10-15-25(30)20-24)28(34)18-11-19-32(2)38(36,37)26-16-8-5-9-17-26/h4-10,12-17,20,27H,3,11,18-19,21-22H2,1-2H3,(H,31,35). The summed E-state index contributed by atoms with van der Waals surface area (Å²) in [4.78, 5) is 28.7. The van der Waals surface area contributed by atoms with Crippen molar-refractivity contribution in [2.24, 2.45) is 0 Å². The van der Waals surface area contributed by atoms with E-state index in [0.29, 0.717) is 19.4 Å². The largest absolute Gasteiger partial charge is 0.355 e. The first-order valence-corrected chi connectivity index (χ1v) is 14.8. The summed E-state index contributed by atoms with van der Waals surface area (Å²) in [5.74, 6) is -0.425. The van der Waals surface area contributed by atoms with Crippen LogP contribution in [0.3, 0.4) is 0 Å². The summed E-state index contributed by atoms with van der Waals surface area (Å²) < 4.78 is 27.9. The number of rotatable bonds is 13. The highest BCUT2D eigenvalue weighted by Crippen LogP contribution is 2.20. The molecule has 0 saturated heterocycles. The van der Waals surface area contributed by atoms with Gasteiger partial charge >= 0.3 is 0 Å². The number of carbonyl (C=O) groups excluding carboxylic acids is 2. The molecular weight excluding hydrogens is 566 g/mol. The first-order chi connectivity index (χ1) is 18.2.